The summed E-state index contributed by atoms with van der Waals surface area (Å²) in [5, 5.41) is 7.04. The molecule has 8 heteroatoms. The van der Waals surface area contributed by atoms with Crippen molar-refractivity contribution >= 4 is 29.9 Å². The van der Waals surface area contributed by atoms with E-state index in [4.69, 9.17) is 15.0 Å². The molecular weight excluding hydrogens is 445 g/mol. The molecule has 0 unspecified atom stereocenters. The second kappa shape index (κ2) is 12.6. The van der Waals surface area contributed by atoms with Crippen molar-refractivity contribution in [2.75, 3.05) is 26.3 Å². The van der Waals surface area contributed by atoms with E-state index in [-0.39, 0.29) is 24.0 Å². The average molecular weight is 473 g/mol. The molecule has 1 heterocycles. The molecule has 0 spiro atoms. The Morgan fingerprint density at radius 1 is 1.27 bits per heavy atom. The van der Waals surface area contributed by atoms with Crippen molar-refractivity contribution in [1.82, 2.24) is 15.5 Å². The normalized spacial score (nSPS) is 11.2. The van der Waals surface area contributed by atoms with E-state index in [0.29, 0.717) is 18.4 Å². The summed E-state index contributed by atoms with van der Waals surface area (Å²) >= 11 is 0. The van der Waals surface area contributed by atoms with Gasteiger partial charge < -0.3 is 20.3 Å². The third-order valence-electron chi connectivity index (χ3n) is 3.64. The van der Waals surface area contributed by atoms with Crippen molar-refractivity contribution in [3.05, 3.63) is 35.7 Å². The molecule has 0 amide bonds. The van der Waals surface area contributed by atoms with Crippen LogP contribution in [-0.4, -0.2) is 42.4 Å². The van der Waals surface area contributed by atoms with Gasteiger partial charge in [-0.2, -0.15) is 4.98 Å². The van der Waals surface area contributed by atoms with Gasteiger partial charge in [0.05, 0.1) is 0 Å². The Bertz CT molecular complexity index is 658. The number of aryl methyl sites for hydroxylation is 1. The number of aliphatic imine (C=N–C) groups is 1. The zero-order valence-electron chi connectivity index (χ0n) is 15.4. The van der Waals surface area contributed by atoms with Crippen LogP contribution in [0.15, 0.2) is 33.8 Å². The fourth-order valence-corrected chi connectivity index (χ4v) is 2.23. The lowest BCUT2D eigenvalue weighted by Crippen LogP contribution is -2.33. The van der Waals surface area contributed by atoms with Crippen molar-refractivity contribution in [1.29, 1.82) is 0 Å². The molecule has 0 fully saturated rings. The molecule has 7 nitrogen and oxygen atoms in total. The first kappa shape index (κ1) is 22.4. The number of ether oxygens (including phenoxy) is 1. The van der Waals surface area contributed by atoms with Crippen LogP contribution in [0.3, 0.4) is 0 Å². The number of nitrogens with two attached hydrogens (primary N) is 1. The number of nitrogens with one attached hydrogen (secondary N) is 1. The maximum absolute atomic E-state index is 5.84. The van der Waals surface area contributed by atoms with Gasteiger partial charge in [-0.15, -0.1) is 24.0 Å². The van der Waals surface area contributed by atoms with Gasteiger partial charge in [-0.05, 0) is 37.5 Å². The third-order valence-corrected chi connectivity index (χ3v) is 3.64. The van der Waals surface area contributed by atoms with Crippen molar-refractivity contribution in [2.45, 2.75) is 33.1 Å². The van der Waals surface area contributed by atoms with Crippen molar-refractivity contribution in [2.24, 2.45) is 10.7 Å². The highest BCUT2D eigenvalue weighted by molar-refractivity contribution is 14.0. The largest absolute Gasteiger partial charge is 0.382 e. The Morgan fingerprint density at radius 2 is 2.04 bits per heavy atom. The molecule has 0 radical (unpaired) electrons. The molecule has 0 bridgehead atoms. The van der Waals surface area contributed by atoms with E-state index in [9.17, 15) is 0 Å². The van der Waals surface area contributed by atoms with Crippen LogP contribution in [0.2, 0.25) is 0 Å². The SMILES string of the molecule is CCOCCCN=C(N)NCCc1ccc(-c2nc(CC)no2)cc1.I. The molecule has 2 aromatic rings. The second-order valence-corrected chi connectivity index (χ2v) is 5.56. The molecule has 2 rings (SSSR count). The van der Waals surface area contributed by atoms with Crippen LogP contribution in [0.5, 0.6) is 0 Å². The summed E-state index contributed by atoms with van der Waals surface area (Å²) in [4.78, 5) is 8.60. The van der Waals surface area contributed by atoms with E-state index in [2.05, 4.69) is 32.6 Å². The number of hydrogen-bond acceptors (Lipinski definition) is 5. The van der Waals surface area contributed by atoms with Gasteiger partial charge in [0, 0.05) is 38.3 Å². The summed E-state index contributed by atoms with van der Waals surface area (Å²) in [6, 6.07) is 8.10. The Hall–Kier alpha value is -1.68. The summed E-state index contributed by atoms with van der Waals surface area (Å²) in [5.41, 5.74) is 7.97. The van der Waals surface area contributed by atoms with Gasteiger partial charge in [-0.25, -0.2) is 0 Å². The average Bonchev–Trinajstić information content (AvgIpc) is 3.11. The zero-order valence-corrected chi connectivity index (χ0v) is 17.7. The zero-order chi connectivity index (χ0) is 17.9. The quantitative estimate of drug-likeness (QED) is 0.238. The number of halogens is 1. The fraction of sp³-hybridized carbons (Fsp3) is 0.500. The van der Waals surface area contributed by atoms with Crippen LogP contribution in [0.4, 0.5) is 0 Å². The minimum Gasteiger partial charge on any atom is -0.382 e. The van der Waals surface area contributed by atoms with E-state index < -0.39 is 0 Å². The summed E-state index contributed by atoms with van der Waals surface area (Å²) in [6.07, 6.45) is 2.51. The first-order chi connectivity index (χ1) is 12.2. The van der Waals surface area contributed by atoms with Gasteiger partial charge in [0.15, 0.2) is 11.8 Å². The molecule has 0 saturated heterocycles. The highest BCUT2D eigenvalue weighted by atomic mass is 127. The number of aromatic nitrogens is 2. The van der Waals surface area contributed by atoms with Crippen molar-refractivity contribution in [3.63, 3.8) is 0 Å². The molecule has 0 saturated carbocycles. The molecule has 0 aliphatic heterocycles. The summed E-state index contributed by atoms with van der Waals surface area (Å²) < 4.78 is 10.5. The monoisotopic (exact) mass is 473 g/mol. The predicted molar refractivity (Wildman–Crippen MR) is 114 cm³/mol. The van der Waals surface area contributed by atoms with Gasteiger partial charge in [0.25, 0.3) is 5.89 Å². The Kier molecular flexibility index (Phi) is 10.9. The molecule has 0 atom stereocenters. The molecule has 0 aliphatic carbocycles. The summed E-state index contributed by atoms with van der Waals surface area (Å²) in [7, 11) is 0. The summed E-state index contributed by atoms with van der Waals surface area (Å²) in [5.74, 6) is 1.76. The van der Waals surface area contributed by atoms with E-state index in [1.165, 1.54) is 5.56 Å². The number of hydrogen-bond donors (Lipinski definition) is 2. The molecule has 144 valence electrons. The van der Waals surface area contributed by atoms with Gasteiger partial charge in [0.1, 0.15) is 0 Å². The topological polar surface area (TPSA) is 98.6 Å². The molecule has 3 N–H and O–H groups in total. The van der Waals surface area contributed by atoms with Crippen LogP contribution in [0, 0.1) is 0 Å². The van der Waals surface area contributed by atoms with Gasteiger partial charge >= 0.3 is 0 Å². The Morgan fingerprint density at radius 3 is 2.69 bits per heavy atom. The van der Waals surface area contributed by atoms with Crippen LogP contribution < -0.4 is 11.1 Å². The maximum Gasteiger partial charge on any atom is 0.257 e. The van der Waals surface area contributed by atoms with Crippen LogP contribution >= 0.6 is 24.0 Å². The minimum atomic E-state index is 0. The first-order valence-electron chi connectivity index (χ1n) is 8.76. The van der Waals surface area contributed by atoms with Crippen molar-refractivity contribution < 1.29 is 9.26 Å². The van der Waals surface area contributed by atoms with Gasteiger partial charge in [0.2, 0.25) is 0 Å². The van der Waals surface area contributed by atoms with E-state index >= 15 is 0 Å². The Labute approximate surface area is 171 Å². The van der Waals surface area contributed by atoms with Crippen LogP contribution in [0.25, 0.3) is 11.5 Å². The highest BCUT2D eigenvalue weighted by Gasteiger charge is 2.07. The van der Waals surface area contributed by atoms with E-state index in [0.717, 1.165) is 50.4 Å². The Balaban J connectivity index is 0.00000338. The predicted octanol–water partition coefficient (Wildman–Crippen LogP) is 2.79. The molecule has 1 aromatic heterocycles. The van der Waals surface area contributed by atoms with E-state index in [1.807, 2.05) is 26.0 Å². The molecular formula is C18H28IN5O2. The molecule has 26 heavy (non-hydrogen) atoms. The van der Waals surface area contributed by atoms with Gasteiger partial charge in [-0.1, -0.05) is 24.2 Å². The smallest absolute Gasteiger partial charge is 0.257 e. The van der Waals surface area contributed by atoms with E-state index in [1.54, 1.807) is 0 Å². The molecule has 1 aromatic carbocycles. The minimum absolute atomic E-state index is 0. The lowest BCUT2D eigenvalue weighted by atomic mass is 10.1. The van der Waals surface area contributed by atoms with Crippen LogP contribution in [-0.2, 0) is 17.6 Å². The second-order valence-electron chi connectivity index (χ2n) is 5.56. The lowest BCUT2D eigenvalue weighted by Gasteiger charge is -2.06. The number of benzene rings is 1. The standard InChI is InChI=1S/C18H27N5O2.HI/c1-3-16-22-17(25-23-16)15-8-6-14(7-9-15)10-12-21-18(19)20-11-5-13-24-4-2;/h6-9H,3-5,10-13H2,1-2H3,(H3,19,20,21);1H. The highest BCUT2D eigenvalue weighted by Crippen LogP contribution is 2.18. The number of rotatable bonds is 10. The fourth-order valence-electron chi connectivity index (χ4n) is 2.23. The molecule has 0 aliphatic rings. The lowest BCUT2D eigenvalue weighted by molar-refractivity contribution is 0.146. The van der Waals surface area contributed by atoms with Gasteiger partial charge in [-0.3, -0.25) is 4.99 Å². The third kappa shape index (κ3) is 7.69. The van der Waals surface area contributed by atoms with Crippen molar-refractivity contribution in [3.8, 4) is 11.5 Å². The summed E-state index contributed by atoms with van der Waals surface area (Å²) in [6.45, 7) is 6.86. The van der Waals surface area contributed by atoms with Crippen LogP contribution in [0.1, 0.15) is 31.7 Å². The number of nitrogens with zero attached hydrogens (tertiary/aromatic N) is 3. The first-order valence-corrected chi connectivity index (χ1v) is 8.76. The maximum atomic E-state index is 5.84. The number of guanidine groups is 1.